The van der Waals surface area contributed by atoms with E-state index in [1.54, 1.807) is 0 Å². The molecule has 0 aliphatic carbocycles. The van der Waals surface area contributed by atoms with E-state index < -0.39 is 0 Å². The van der Waals surface area contributed by atoms with Gasteiger partial charge in [0.1, 0.15) is 0 Å². The lowest BCUT2D eigenvalue weighted by Crippen LogP contribution is -2.30. The Bertz CT molecular complexity index is 106. The highest BCUT2D eigenvalue weighted by Gasteiger charge is 2.01. The van der Waals surface area contributed by atoms with Gasteiger partial charge in [0.2, 0.25) is 0 Å². The van der Waals surface area contributed by atoms with Crippen LogP contribution in [-0.4, -0.2) is 24.6 Å². The predicted molar refractivity (Wildman–Crippen MR) is 49.3 cm³/mol. The van der Waals surface area contributed by atoms with E-state index in [0.717, 1.165) is 12.2 Å². The first-order chi connectivity index (χ1) is 4.85. The Kier molecular flexibility index (Phi) is 6.89. The SMILES string of the molecule is C#CCNC(CC)CSC. The summed E-state index contributed by atoms with van der Waals surface area (Å²) >= 11 is 1.85. The molecule has 0 spiro atoms. The van der Waals surface area contributed by atoms with E-state index in [9.17, 15) is 0 Å². The first-order valence-corrected chi connectivity index (χ1v) is 4.90. The van der Waals surface area contributed by atoms with Gasteiger partial charge in [0.25, 0.3) is 0 Å². The lowest BCUT2D eigenvalue weighted by atomic mass is 10.2. The molecule has 0 aliphatic heterocycles. The summed E-state index contributed by atoms with van der Waals surface area (Å²) in [6, 6.07) is 0.589. The molecule has 1 atom stereocenters. The van der Waals surface area contributed by atoms with Crippen molar-refractivity contribution in [2.75, 3.05) is 18.6 Å². The summed E-state index contributed by atoms with van der Waals surface area (Å²) in [5.74, 6) is 3.72. The van der Waals surface area contributed by atoms with Gasteiger partial charge in [-0.05, 0) is 12.7 Å². The van der Waals surface area contributed by atoms with Crippen molar-refractivity contribution >= 4 is 11.8 Å². The van der Waals surface area contributed by atoms with Crippen molar-refractivity contribution < 1.29 is 0 Å². The average Bonchev–Trinajstić information content (AvgIpc) is 1.98. The zero-order valence-electron chi connectivity index (χ0n) is 6.68. The molecule has 0 aromatic heterocycles. The van der Waals surface area contributed by atoms with Crippen LogP contribution in [0.3, 0.4) is 0 Å². The van der Waals surface area contributed by atoms with Crippen LogP contribution >= 0.6 is 11.8 Å². The van der Waals surface area contributed by atoms with Crippen LogP contribution in [-0.2, 0) is 0 Å². The van der Waals surface area contributed by atoms with Crippen molar-refractivity contribution in [3.8, 4) is 12.3 Å². The topological polar surface area (TPSA) is 12.0 Å². The molecule has 0 heterocycles. The van der Waals surface area contributed by atoms with E-state index in [2.05, 4.69) is 24.4 Å². The van der Waals surface area contributed by atoms with Gasteiger partial charge in [0.15, 0.2) is 0 Å². The van der Waals surface area contributed by atoms with Crippen LogP contribution in [0.15, 0.2) is 0 Å². The Morgan fingerprint density at radius 3 is 2.80 bits per heavy atom. The van der Waals surface area contributed by atoms with Crippen molar-refractivity contribution in [3.05, 3.63) is 0 Å². The zero-order valence-corrected chi connectivity index (χ0v) is 7.50. The molecule has 0 bridgehead atoms. The zero-order chi connectivity index (χ0) is 7.82. The molecule has 1 N–H and O–H groups in total. The fourth-order valence-corrected chi connectivity index (χ4v) is 1.48. The van der Waals surface area contributed by atoms with E-state index in [0.29, 0.717) is 12.6 Å². The van der Waals surface area contributed by atoms with Crippen molar-refractivity contribution in [1.29, 1.82) is 0 Å². The Labute approximate surface area is 68.0 Å². The third-order valence-corrected chi connectivity index (χ3v) is 2.09. The van der Waals surface area contributed by atoms with Gasteiger partial charge in [0, 0.05) is 11.8 Å². The summed E-state index contributed by atoms with van der Waals surface area (Å²) in [6.07, 6.45) is 8.37. The van der Waals surface area contributed by atoms with Crippen LogP contribution in [0.5, 0.6) is 0 Å². The summed E-state index contributed by atoms with van der Waals surface area (Å²) in [6.45, 7) is 2.86. The second-order valence-corrected chi connectivity index (χ2v) is 3.06. The summed E-state index contributed by atoms with van der Waals surface area (Å²) in [4.78, 5) is 0. The molecule has 0 rings (SSSR count). The third-order valence-electron chi connectivity index (χ3n) is 1.35. The molecule has 0 saturated heterocycles. The fraction of sp³-hybridized carbons (Fsp3) is 0.750. The quantitative estimate of drug-likeness (QED) is 0.605. The minimum absolute atomic E-state index is 0.589. The second kappa shape index (κ2) is 6.98. The predicted octanol–water partition coefficient (Wildman–Crippen LogP) is 1.35. The van der Waals surface area contributed by atoms with E-state index in [-0.39, 0.29) is 0 Å². The third kappa shape index (κ3) is 4.72. The maximum atomic E-state index is 5.11. The molecule has 1 nitrogen and oxygen atoms in total. The highest BCUT2D eigenvalue weighted by molar-refractivity contribution is 7.98. The smallest absolute Gasteiger partial charge is 0.0576 e. The molecule has 10 heavy (non-hydrogen) atoms. The van der Waals surface area contributed by atoms with Crippen molar-refractivity contribution in [2.24, 2.45) is 0 Å². The monoisotopic (exact) mass is 157 g/mol. The molecule has 0 aromatic carbocycles. The van der Waals surface area contributed by atoms with Crippen LogP contribution < -0.4 is 5.32 Å². The van der Waals surface area contributed by atoms with Crippen molar-refractivity contribution in [3.63, 3.8) is 0 Å². The Balaban J connectivity index is 3.32. The van der Waals surface area contributed by atoms with Gasteiger partial charge < -0.3 is 5.32 Å². The summed E-state index contributed by atoms with van der Waals surface area (Å²) < 4.78 is 0. The van der Waals surface area contributed by atoms with Crippen molar-refractivity contribution in [2.45, 2.75) is 19.4 Å². The molecule has 1 unspecified atom stereocenters. The molecular weight excluding hydrogens is 142 g/mol. The lowest BCUT2D eigenvalue weighted by Gasteiger charge is -2.12. The van der Waals surface area contributed by atoms with Gasteiger partial charge >= 0.3 is 0 Å². The highest BCUT2D eigenvalue weighted by Crippen LogP contribution is 1.99. The molecule has 0 aromatic rings. The number of terminal acetylenes is 1. The fourth-order valence-electron chi connectivity index (χ4n) is 0.726. The average molecular weight is 157 g/mol. The van der Waals surface area contributed by atoms with Crippen molar-refractivity contribution in [1.82, 2.24) is 5.32 Å². The first kappa shape index (κ1) is 9.87. The van der Waals surface area contributed by atoms with E-state index >= 15 is 0 Å². The normalized spacial score (nSPS) is 12.5. The molecule has 2 heteroatoms. The molecular formula is C8H15NS. The number of hydrogen-bond acceptors (Lipinski definition) is 2. The van der Waals surface area contributed by atoms with Gasteiger partial charge in [-0.25, -0.2) is 0 Å². The van der Waals surface area contributed by atoms with E-state index in [4.69, 9.17) is 6.42 Å². The minimum Gasteiger partial charge on any atom is -0.303 e. The number of thioether (sulfide) groups is 1. The highest BCUT2D eigenvalue weighted by atomic mass is 32.2. The van der Waals surface area contributed by atoms with E-state index in [1.807, 2.05) is 11.8 Å². The Morgan fingerprint density at radius 1 is 1.70 bits per heavy atom. The Morgan fingerprint density at radius 2 is 2.40 bits per heavy atom. The lowest BCUT2D eigenvalue weighted by molar-refractivity contribution is 0.580. The van der Waals surface area contributed by atoms with Gasteiger partial charge in [-0.3, -0.25) is 0 Å². The molecule has 58 valence electrons. The van der Waals surface area contributed by atoms with Crippen LogP contribution in [0.25, 0.3) is 0 Å². The minimum atomic E-state index is 0.589. The summed E-state index contributed by atoms with van der Waals surface area (Å²) in [5, 5.41) is 3.26. The van der Waals surface area contributed by atoms with Crippen LogP contribution in [0.4, 0.5) is 0 Å². The second-order valence-electron chi connectivity index (χ2n) is 2.15. The Hall–Kier alpha value is -0.130. The maximum absolute atomic E-state index is 5.11. The first-order valence-electron chi connectivity index (χ1n) is 3.50. The van der Waals surface area contributed by atoms with Gasteiger partial charge in [-0.2, -0.15) is 11.8 Å². The van der Waals surface area contributed by atoms with Gasteiger partial charge in [0.05, 0.1) is 6.54 Å². The van der Waals surface area contributed by atoms with Crippen LogP contribution in [0.1, 0.15) is 13.3 Å². The summed E-state index contributed by atoms with van der Waals surface area (Å²) in [5.41, 5.74) is 0. The standard InChI is InChI=1S/C8H15NS/c1-4-6-9-8(5-2)7-10-3/h1,8-9H,5-7H2,2-3H3. The molecule has 0 radical (unpaired) electrons. The maximum Gasteiger partial charge on any atom is 0.0576 e. The molecule has 0 amide bonds. The molecule has 0 saturated carbocycles. The number of hydrogen-bond donors (Lipinski definition) is 1. The molecule has 0 aliphatic rings. The van der Waals surface area contributed by atoms with E-state index in [1.165, 1.54) is 0 Å². The number of rotatable bonds is 5. The molecule has 0 fully saturated rings. The van der Waals surface area contributed by atoms with Crippen LogP contribution in [0.2, 0.25) is 0 Å². The summed E-state index contributed by atoms with van der Waals surface area (Å²) in [7, 11) is 0. The van der Waals surface area contributed by atoms with Crippen LogP contribution in [0, 0.1) is 12.3 Å². The largest absolute Gasteiger partial charge is 0.303 e. The van der Waals surface area contributed by atoms with Gasteiger partial charge in [-0.15, -0.1) is 6.42 Å². The number of nitrogens with one attached hydrogen (secondary N) is 1. The van der Waals surface area contributed by atoms with Gasteiger partial charge in [-0.1, -0.05) is 12.8 Å².